The van der Waals surface area contributed by atoms with Crippen molar-refractivity contribution in [1.29, 1.82) is 0 Å². The van der Waals surface area contributed by atoms with Gasteiger partial charge in [0.05, 0.1) is 0 Å². The highest BCUT2D eigenvalue weighted by atomic mass is 79.9. The van der Waals surface area contributed by atoms with Crippen LogP contribution in [0.2, 0.25) is 0 Å². The molecule has 1 aliphatic rings. The Hall–Kier alpha value is 0.140. The van der Waals surface area contributed by atoms with E-state index in [2.05, 4.69) is 39.6 Å². The Balaban J connectivity index is 2.38. The largest absolute Gasteiger partial charge is 0.313 e. The number of halogens is 1. The fourth-order valence-corrected chi connectivity index (χ4v) is 2.36. The van der Waals surface area contributed by atoms with Gasteiger partial charge >= 0.3 is 0 Å². The average Bonchev–Trinajstić information content (AvgIpc) is 2.30. The molecule has 14 heavy (non-hydrogen) atoms. The Labute approximate surface area is 95.9 Å². The predicted octanol–water partition coefficient (Wildman–Crippen LogP) is 2.36. The van der Waals surface area contributed by atoms with E-state index in [4.69, 9.17) is 0 Å². The highest BCUT2D eigenvalue weighted by Gasteiger charge is 2.16. The van der Waals surface area contributed by atoms with Crippen LogP contribution in [0.25, 0.3) is 0 Å². The number of hydrogen-bond acceptors (Lipinski definition) is 2. The molecule has 0 bridgehead atoms. The van der Waals surface area contributed by atoms with Gasteiger partial charge in [-0.25, -0.2) is 0 Å². The van der Waals surface area contributed by atoms with Crippen LogP contribution in [-0.4, -0.2) is 37.1 Å². The molecule has 1 unspecified atom stereocenters. The third-order valence-corrected chi connectivity index (χ3v) is 2.85. The first-order valence-corrected chi connectivity index (χ1v) is 6.30. The van der Waals surface area contributed by atoms with Gasteiger partial charge in [0.1, 0.15) is 0 Å². The molecule has 0 aromatic carbocycles. The van der Waals surface area contributed by atoms with Crippen molar-refractivity contribution in [2.45, 2.75) is 32.2 Å². The van der Waals surface area contributed by atoms with E-state index < -0.39 is 0 Å². The van der Waals surface area contributed by atoms with Gasteiger partial charge in [-0.1, -0.05) is 35.9 Å². The van der Waals surface area contributed by atoms with Crippen LogP contribution >= 0.6 is 15.9 Å². The van der Waals surface area contributed by atoms with E-state index in [1.165, 1.54) is 32.4 Å². The molecule has 0 aromatic rings. The van der Waals surface area contributed by atoms with Crippen molar-refractivity contribution in [1.82, 2.24) is 10.2 Å². The van der Waals surface area contributed by atoms with Crippen LogP contribution in [-0.2, 0) is 0 Å². The minimum atomic E-state index is 0.675. The van der Waals surface area contributed by atoms with Crippen LogP contribution < -0.4 is 5.32 Å². The standard InChI is InChI=1S/C11H21BrN2/c1-3-5-11-9-14(8-10(2)12)7-4-6-13-11/h11,13H,2-9H2,1H3. The van der Waals surface area contributed by atoms with E-state index in [9.17, 15) is 0 Å². The Morgan fingerprint density at radius 2 is 2.43 bits per heavy atom. The zero-order valence-electron chi connectivity index (χ0n) is 9.06. The molecule has 1 rings (SSSR count). The molecule has 0 saturated carbocycles. The molecular formula is C11H21BrN2. The van der Waals surface area contributed by atoms with Gasteiger partial charge in [0.15, 0.2) is 0 Å². The molecule has 1 saturated heterocycles. The summed E-state index contributed by atoms with van der Waals surface area (Å²) in [5.74, 6) is 0. The van der Waals surface area contributed by atoms with E-state index in [0.717, 1.165) is 17.6 Å². The van der Waals surface area contributed by atoms with Crippen LogP contribution in [0.15, 0.2) is 11.1 Å². The second-order valence-electron chi connectivity index (χ2n) is 4.05. The summed E-state index contributed by atoms with van der Waals surface area (Å²) in [6.07, 6.45) is 3.80. The summed E-state index contributed by atoms with van der Waals surface area (Å²) in [6.45, 7) is 10.7. The summed E-state index contributed by atoms with van der Waals surface area (Å²) in [6, 6.07) is 0.675. The predicted molar refractivity (Wildman–Crippen MR) is 65.8 cm³/mol. The van der Waals surface area contributed by atoms with Crippen molar-refractivity contribution >= 4 is 15.9 Å². The number of rotatable bonds is 4. The number of nitrogens with zero attached hydrogens (tertiary/aromatic N) is 1. The fourth-order valence-electron chi connectivity index (χ4n) is 2.00. The average molecular weight is 261 g/mol. The lowest BCUT2D eigenvalue weighted by Crippen LogP contribution is -2.37. The quantitative estimate of drug-likeness (QED) is 0.835. The Morgan fingerprint density at radius 3 is 3.07 bits per heavy atom. The van der Waals surface area contributed by atoms with Crippen LogP contribution in [0.4, 0.5) is 0 Å². The van der Waals surface area contributed by atoms with Crippen LogP contribution in [0.3, 0.4) is 0 Å². The van der Waals surface area contributed by atoms with Gasteiger partial charge in [-0.15, -0.1) is 0 Å². The Bertz CT molecular complexity index is 182. The maximum Gasteiger partial charge on any atom is 0.0294 e. The molecule has 0 aromatic heterocycles. The minimum absolute atomic E-state index is 0.675. The molecular weight excluding hydrogens is 240 g/mol. The summed E-state index contributed by atoms with van der Waals surface area (Å²) in [5, 5.41) is 3.60. The van der Waals surface area contributed by atoms with Crippen molar-refractivity contribution < 1.29 is 0 Å². The van der Waals surface area contributed by atoms with E-state index in [0.29, 0.717) is 6.04 Å². The molecule has 0 radical (unpaired) electrons. The Morgan fingerprint density at radius 1 is 1.64 bits per heavy atom. The fraction of sp³-hybridized carbons (Fsp3) is 0.818. The summed E-state index contributed by atoms with van der Waals surface area (Å²) < 4.78 is 1.09. The van der Waals surface area contributed by atoms with Crippen molar-refractivity contribution in [3.8, 4) is 0 Å². The van der Waals surface area contributed by atoms with Gasteiger partial charge < -0.3 is 5.32 Å². The molecule has 1 atom stereocenters. The second-order valence-corrected chi connectivity index (χ2v) is 5.17. The summed E-state index contributed by atoms with van der Waals surface area (Å²) >= 11 is 3.44. The lowest BCUT2D eigenvalue weighted by Gasteiger charge is -2.23. The first kappa shape index (κ1) is 12.2. The van der Waals surface area contributed by atoms with Crippen molar-refractivity contribution in [2.24, 2.45) is 0 Å². The SMILES string of the molecule is C=C(Br)CN1CCCNC(CCC)C1. The minimum Gasteiger partial charge on any atom is -0.313 e. The third kappa shape index (κ3) is 4.58. The van der Waals surface area contributed by atoms with Gasteiger partial charge in [-0.05, 0) is 25.9 Å². The molecule has 2 nitrogen and oxygen atoms in total. The lowest BCUT2D eigenvalue weighted by atomic mass is 10.1. The maximum absolute atomic E-state index is 3.91. The normalized spacial score (nSPS) is 24.6. The van der Waals surface area contributed by atoms with Gasteiger partial charge in [-0.2, -0.15) is 0 Å². The lowest BCUT2D eigenvalue weighted by molar-refractivity contribution is 0.287. The highest BCUT2D eigenvalue weighted by Crippen LogP contribution is 2.10. The summed E-state index contributed by atoms with van der Waals surface area (Å²) in [5.41, 5.74) is 0. The van der Waals surface area contributed by atoms with Gasteiger partial charge in [0.25, 0.3) is 0 Å². The van der Waals surface area contributed by atoms with Gasteiger partial charge in [0.2, 0.25) is 0 Å². The molecule has 0 aliphatic carbocycles. The molecule has 0 spiro atoms. The van der Waals surface area contributed by atoms with Crippen molar-refractivity contribution in [3.63, 3.8) is 0 Å². The topological polar surface area (TPSA) is 15.3 Å². The molecule has 3 heteroatoms. The first-order chi connectivity index (χ1) is 6.72. The van der Waals surface area contributed by atoms with E-state index in [1.54, 1.807) is 0 Å². The maximum atomic E-state index is 3.91. The van der Waals surface area contributed by atoms with E-state index in [-0.39, 0.29) is 0 Å². The molecule has 1 fully saturated rings. The summed E-state index contributed by atoms with van der Waals surface area (Å²) in [4.78, 5) is 2.48. The number of nitrogens with one attached hydrogen (secondary N) is 1. The van der Waals surface area contributed by atoms with Crippen molar-refractivity contribution in [3.05, 3.63) is 11.1 Å². The van der Waals surface area contributed by atoms with Crippen LogP contribution in [0.1, 0.15) is 26.2 Å². The third-order valence-electron chi connectivity index (χ3n) is 2.60. The van der Waals surface area contributed by atoms with Crippen molar-refractivity contribution in [2.75, 3.05) is 26.2 Å². The molecule has 82 valence electrons. The monoisotopic (exact) mass is 260 g/mol. The first-order valence-electron chi connectivity index (χ1n) is 5.51. The van der Waals surface area contributed by atoms with Crippen LogP contribution in [0.5, 0.6) is 0 Å². The molecule has 1 aliphatic heterocycles. The smallest absolute Gasteiger partial charge is 0.0294 e. The Kier molecular flexibility index (Phi) is 5.75. The second kappa shape index (κ2) is 6.59. The summed E-state index contributed by atoms with van der Waals surface area (Å²) in [7, 11) is 0. The van der Waals surface area contributed by atoms with Gasteiger partial charge in [0, 0.05) is 23.6 Å². The van der Waals surface area contributed by atoms with E-state index in [1.807, 2.05) is 0 Å². The van der Waals surface area contributed by atoms with E-state index >= 15 is 0 Å². The van der Waals surface area contributed by atoms with Gasteiger partial charge in [-0.3, -0.25) is 4.90 Å². The molecule has 1 heterocycles. The zero-order chi connectivity index (χ0) is 10.4. The molecule has 1 N–H and O–H groups in total. The highest BCUT2D eigenvalue weighted by molar-refractivity contribution is 9.11. The zero-order valence-corrected chi connectivity index (χ0v) is 10.6. The number of hydrogen-bond donors (Lipinski definition) is 1. The van der Waals surface area contributed by atoms with Crippen LogP contribution in [0, 0.1) is 0 Å². The molecule has 0 amide bonds.